The van der Waals surface area contributed by atoms with Gasteiger partial charge in [-0.25, -0.2) is 4.40 Å². The van der Waals surface area contributed by atoms with Crippen molar-refractivity contribution >= 4 is 18.5 Å². The molecule has 1 fully saturated rings. The third-order valence-electron chi connectivity index (χ3n) is 6.13. The Morgan fingerprint density at radius 2 is 1.28 bits per heavy atom. The SMILES string of the molecule is CCCCCCCCC(C)/C(=N\S)C1CCCCCCCCCCC1. The summed E-state index contributed by atoms with van der Waals surface area (Å²) in [4.78, 5) is 0. The maximum Gasteiger partial charge on any atom is 0.0318 e. The zero-order chi connectivity index (χ0) is 18.2. The molecule has 148 valence electrons. The third kappa shape index (κ3) is 11.4. The molecule has 0 N–H and O–H groups in total. The normalized spacial score (nSPS) is 20.7. The van der Waals surface area contributed by atoms with Crippen LogP contribution in [0, 0.1) is 11.8 Å². The Kier molecular flexibility index (Phi) is 15.0. The summed E-state index contributed by atoms with van der Waals surface area (Å²) in [5, 5.41) is 0. The fourth-order valence-electron chi connectivity index (χ4n) is 4.42. The molecule has 0 heterocycles. The van der Waals surface area contributed by atoms with Crippen molar-refractivity contribution < 1.29 is 0 Å². The van der Waals surface area contributed by atoms with Crippen LogP contribution >= 0.6 is 12.8 Å². The maximum absolute atomic E-state index is 4.52. The van der Waals surface area contributed by atoms with Crippen molar-refractivity contribution in [3.8, 4) is 0 Å². The molecule has 1 unspecified atom stereocenters. The first-order chi connectivity index (χ1) is 12.3. The molecule has 1 aliphatic rings. The molecule has 0 aromatic heterocycles. The van der Waals surface area contributed by atoms with Gasteiger partial charge < -0.3 is 0 Å². The fourth-order valence-corrected chi connectivity index (χ4v) is 4.78. The van der Waals surface area contributed by atoms with Gasteiger partial charge in [0.2, 0.25) is 0 Å². The van der Waals surface area contributed by atoms with E-state index in [0.717, 1.165) is 0 Å². The Bertz CT molecular complexity index is 314. The summed E-state index contributed by atoms with van der Waals surface area (Å²) in [5.74, 6) is 1.33. The van der Waals surface area contributed by atoms with Gasteiger partial charge in [-0.05, 0) is 43.9 Å². The van der Waals surface area contributed by atoms with Crippen LogP contribution in [-0.2, 0) is 0 Å². The number of unbranched alkanes of at least 4 members (excludes halogenated alkanes) is 5. The van der Waals surface area contributed by atoms with Crippen LogP contribution in [0.5, 0.6) is 0 Å². The summed E-state index contributed by atoms with van der Waals surface area (Å²) in [6.07, 6.45) is 25.2. The molecule has 0 aliphatic heterocycles. The molecule has 0 aromatic carbocycles. The average molecular weight is 368 g/mol. The molecular formula is C23H45NS. The maximum atomic E-state index is 4.52. The minimum Gasteiger partial charge on any atom is -0.228 e. The van der Waals surface area contributed by atoms with Gasteiger partial charge in [0, 0.05) is 5.71 Å². The monoisotopic (exact) mass is 367 g/mol. The second-order valence-electron chi connectivity index (χ2n) is 8.44. The summed E-state index contributed by atoms with van der Waals surface area (Å²) >= 11 is 4.39. The minimum atomic E-state index is 0.626. The molecule has 0 radical (unpaired) electrons. The second kappa shape index (κ2) is 16.2. The van der Waals surface area contributed by atoms with E-state index < -0.39 is 0 Å². The Morgan fingerprint density at radius 1 is 0.800 bits per heavy atom. The number of thiol groups is 1. The third-order valence-corrected chi connectivity index (χ3v) is 6.37. The molecule has 25 heavy (non-hydrogen) atoms. The van der Waals surface area contributed by atoms with Gasteiger partial charge in [0.25, 0.3) is 0 Å². The topological polar surface area (TPSA) is 12.4 Å². The molecule has 0 spiro atoms. The zero-order valence-corrected chi connectivity index (χ0v) is 18.2. The molecule has 1 atom stereocenters. The number of nitrogens with zero attached hydrogens (tertiary/aromatic N) is 1. The molecule has 1 aliphatic carbocycles. The van der Waals surface area contributed by atoms with E-state index in [0.29, 0.717) is 11.8 Å². The van der Waals surface area contributed by atoms with Gasteiger partial charge >= 0.3 is 0 Å². The summed E-state index contributed by atoms with van der Waals surface area (Å²) in [6.45, 7) is 4.69. The highest BCUT2D eigenvalue weighted by atomic mass is 32.1. The van der Waals surface area contributed by atoms with Crippen molar-refractivity contribution in [2.45, 2.75) is 129 Å². The highest BCUT2D eigenvalue weighted by Crippen LogP contribution is 2.27. The van der Waals surface area contributed by atoms with Crippen molar-refractivity contribution in [1.82, 2.24) is 0 Å². The summed E-state index contributed by atoms with van der Waals surface area (Å²) in [6, 6.07) is 0. The van der Waals surface area contributed by atoms with E-state index in [4.69, 9.17) is 0 Å². The van der Waals surface area contributed by atoms with Gasteiger partial charge in [-0.15, -0.1) is 0 Å². The Morgan fingerprint density at radius 3 is 1.80 bits per heavy atom. The molecular weight excluding hydrogens is 322 g/mol. The summed E-state index contributed by atoms with van der Waals surface area (Å²) < 4.78 is 4.52. The first-order valence-corrected chi connectivity index (χ1v) is 11.9. The van der Waals surface area contributed by atoms with Gasteiger partial charge in [0.15, 0.2) is 0 Å². The van der Waals surface area contributed by atoms with Crippen LogP contribution in [0.25, 0.3) is 0 Å². The molecule has 1 rings (SSSR count). The van der Waals surface area contributed by atoms with Crippen molar-refractivity contribution in [2.24, 2.45) is 16.2 Å². The van der Waals surface area contributed by atoms with Crippen LogP contribution in [0.3, 0.4) is 0 Å². The Hall–Kier alpha value is 0.0200. The predicted octanol–water partition coefficient (Wildman–Crippen LogP) is 8.58. The standard InChI is InChI=1S/C23H45NS/c1-3-4-5-6-12-15-18-21(2)23(24-25)22-19-16-13-10-8-7-9-11-14-17-20-22/h21-22,25H,3-20H2,1-2H3/b24-23+. The largest absolute Gasteiger partial charge is 0.228 e. The second-order valence-corrected chi connectivity index (χ2v) is 8.64. The molecule has 0 amide bonds. The molecule has 2 heteroatoms. The van der Waals surface area contributed by atoms with Gasteiger partial charge in [0.05, 0.1) is 0 Å². The molecule has 1 nitrogen and oxygen atoms in total. The number of rotatable bonds is 9. The van der Waals surface area contributed by atoms with Crippen molar-refractivity contribution in [3.63, 3.8) is 0 Å². The van der Waals surface area contributed by atoms with E-state index in [-0.39, 0.29) is 0 Å². The van der Waals surface area contributed by atoms with Crippen LogP contribution in [0.15, 0.2) is 4.40 Å². The first-order valence-electron chi connectivity index (χ1n) is 11.5. The number of hydrogen-bond acceptors (Lipinski definition) is 2. The van der Waals surface area contributed by atoms with Gasteiger partial charge in [0.1, 0.15) is 0 Å². The van der Waals surface area contributed by atoms with Crippen LogP contribution in [-0.4, -0.2) is 5.71 Å². The van der Waals surface area contributed by atoms with Crippen molar-refractivity contribution in [2.75, 3.05) is 0 Å². The summed E-state index contributed by atoms with van der Waals surface area (Å²) in [5.41, 5.74) is 1.42. The van der Waals surface area contributed by atoms with Gasteiger partial charge in [-0.1, -0.05) is 110 Å². The van der Waals surface area contributed by atoms with E-state index in [1.165, 1.54) is 121 Å². The Labute approximate surface area is 164 Å². The zero-order valence-electron chi connectivity index (χ0n) is 17.3. The van der Waals surface area contributed by atoms with E-state index in [1.807, 2.05) is 0 Å². The van der Waals surface area contributed by atoms with Crippen LogP contribution in [0.2, 0.25) is 0 Å². The van der Waals surface area contributed by atoms with Gasteiger partial charge in [-0.2, -0.15) is 0 Å². The van der Waals surface area contributed by atoms with Crippen LogP contribution < -0.4 is 0 Å². The van der Waals surface area contributed by atoms with E-state index in [9.17, 15) is 0 Å². The quantitative estimate of drug-likeness (QED) is 0.238. The van der Waals surface area contributed by atoms with E-state index in [1.54, 1.807) is 0 Å². The lowest BCUT2D eigenvalue weighted by molar-refractivity contribution is 0.449. The summed E-state index contributed by atoms with van der Waals surface area (Å²) in [7, 11) is 0. The Balaban J connectivity index is 2.40. The molecule has 0 aromatic rings. The lowest BCUT2D eigenvalue weighted by atomic mass is 9.82. The molecule has 1 saturated carbocycles. The number of hydrogen-bond donors (Lipinski definition) is 1. The predicted molar refractivity (Wildman–Crippen MR) is 118 cm³/mol. The van der Waals surface area contributed by atoms with Crippen molar-refractivity contribution in [1.29, 1.82) is 0 Å². The van der Waals surface area contributed by atoms with Crippen LogP contribution in [0.1, 0.15) is 129 Å². The van der Waals surface area contributed by atoms with Crippen LogP contribution in [0.4, 0.5) is 0 Å². The highest BCUT2D eigenvalue weighted by molar-refractivity contribution is 7.79. The molecule has 0 saturated heterocycles. The van der Waals surface area contributed by atoms with Crippen molar-refractivity contribution in [3.05, 3.63) is 0 Å². The first kappa shape index (κ1) is 23.1. The minimum absolute atomic E-state index is 0.626. The highest BCUT2D eigenvalue weighted by Gasteiger charge is 2.21. The fraction of sp³-hybridized carbons (Fsp3) is 0.957. The van der Waals surface area contributed by atoms with E-state index in [2.05, 4.69) is 31.1 Å². The van der Waals surface area contributed by atoms with Gasteiger partial charge in [-0.3, -0.25) is 0 Å². The lowest BCUT2D eigenvalue weighted by Gasteiger charge is -2.24. The molecule has 0 bridgehead atoms. The average Bonchev–Trinajstić information content (AvgIpc) is 2.60. The smallest absolute Gasteiger partial charge is 0.0318 e. The lowest BCUT2D eigenvalue weighted by Crippen LogP contribution is -2.22. The van der Waals surface area contributed by atoms with E-state index >= 15 is 0 Å².